The molecule has 2 aliphatic rings. The first-order valence-electron chi connectivity index (χ1n) is 7.23. The van der Waals surface area contributed by atoms with Crippen LogP contribution in [-0.2, 0) is 16.1 Å². The monoisotopic (exact) mass is 291 g/mol. The quantitative estimate of drug-likeness (QED) is 0.806. The van der Waals surface area contributed by atoms with Crippen molar-refractivity contribution in [1.82, 2.24) is 14.8 Å². The highest BCUT2D eigenvalue weighted by molar-refractivity contribution is 5.79. The number of pyridine rings is 1. The molecule has 0 aromatic carbocycles. The predicted molar refractivity (Wildman–Crippen MR) is 76.9 cm³/mol. The van der Waals surface area contributed by atoms with Gasteiger partial charge in [-0.15, -0.1) is 0 Å². The number of nitrogens with zero attached hydrogens (tertiary/aromatic N) is 3. The summed E-state index contributed by atoms with van der Waals surface area (Å²) in [5.74, 6) is 0.761. The number of rotatable bonds is 3. The lowest BCUT2D eigenvalue weighted by Crippen LogP contribution is -2.42. The number of likely N-dealkylation sites (N-methyl/N-ethyl adjacent to an activating group) is 1. The van der Waals surface area contributed by atoms with Gasteiger partial charge < -0.3 is 14.4 Å². The maximum atomic E-state index is 12.3. The number of hydrogen-bond donors (Lipinski definition) is 0. The Morgan fingerprint density at radius 1 is 1.38 bits per heavy atom. The molecule has 1 aromatic rings. The van der Waals surface area contributed by atoms with E-state index in [2.05, 4.69) is 9.88 Å². The molecule has 6 heteroatoms. The average molecular weight is 291 g/mol. The Morgan fingerprint density at radius 2 is 2.24 bits per heavy atom. The van der Waals surface area contributed by atoms with Gasteiger partial charge in [0.05, 0.1) is 32.3 Å². The van der Waals surface area contributed by atoms with Crippen LogP contribution in [0.2, 0.25) is 0 Å². The van der Waals surface area contributed by atoms with Crippen molar-refractivity contribution in [1.29, 1.82) is 0 Å². The lowest BCUT2D eigenvalue weighted by atomic mass is 10.1. The zero-order valence-corrected chi connectivity index (χ0v) is 12.5. The van der Waals surface area contributed by atoms with Gasteiger partial charge in [0.25, 0.3) is 0 Å². The molecule has 0 spiro atoms. The molecule has 0 saturated carbocycles. The molecule has 1 amide bonds. The average Bonchev–Trinajstić information content (AvgIpc) is 2.67. The summed E-state index contributed by atoms with van der Waals surface area (Å²) >= 11 is 0. The van der Waals surface area contributed by atoms with Crippen LogP contribution in [0.1, 0.15) is 5.56 Å². The lowest BCUT2D eigenvalue weighted by Gasteiger charge is -2.29. The second-order valence-corrected chi connectivity index (χ2v) is 5.74. The van der Waals surface area contributed by atoms with Crippen LogP contribution in [0.3, 0.4) is 0 Å². The molecule has 6 nitrogen and oxygen atoms in total. The van der Waals surface area contributed by atoms with Gasteiger partial charge >= 0.3 is 0 Å². The van der Waals surface area contributed by atoms with E-state index in [4.69, 9.17) is 9.47 Å². The van der Waals surface area contributed by atoms with Crippen LogP contribution >= 0.6 is 0 Å². The first-order valence-corrected chi connectivity index (χ1v) is 7.23. The topological polar surface area (TPSA) is 54.9 Å². The van der Waals surface area contributed by atoms with E-state index in [1.165, 1.54) is 0 Å². The number of aromatic nitrogens is 1. The molecular weight excluding hydrogens is 270 g/mol. The number of hydrogen-bond acceptors (Lipinski definition) is 5. The molecule has 3 heterocycles. The number of ether oxygens (including phenoxy) is 2. The van der Waals surface area contributed by atoms with Gasteiger partial charge in [0.1, 0.15) is 0 Å². The van der Waals surface area contributed by atoms with Crippen LogP contribution in [0.5, 0.6) is 5.88 Å². The number of amides is 1. The second-order valence-electron chi connectivity index (χ2n) is 5.74. The molecule has 2 fully saturated rings. The standard InChI is InChI=1S/C15H21N3O3/c1-17-13-8-18(7-12(15(17)19)9-21-10-13)6-11-3-4-14(20-2)16-5-11/h3-5,12-13H,6-10H2,1-2H3/t12-,13+/m1/s1. The third-order valence-corrected chi connectivity index (χ3v) is 4.23. The van der Waals surface area contributed by atoms with E-state index in [0.717, 1.165) is 25.2 Å². The second kappa shape index (κ2) is 5.99. The Balaban J connectivity index is 1.72. The summed E-state index contributed by atoms with van der Waals surface area (Å²) < 4.78 is 10.7. The first kappa shape index (κ1) is 14.3. The van der Waals surface area contributed by atoms with E-state index in [1.807, 2.05) is 30.3 Å². The minimum absolute atomic E-state index is 0.0614. The van der Waals surface area contributed by atoms with E-state index in [-0.39, 0.29) is 17.9 Å². The minimum atomic E-state index is -0.0614. The zero-order valence-electron chi connectivity index (χ0n) is 12.5. The summed E-state index contributed by atoms with van der Waals surface area (Å²) in [6.45, 7) is 3.52. The van der Waals surface area contributed by atoms with Crippen molar-refractivity contribution < 1.29 is 14.3 Å². The molecule has 2 aliphatic heterocycles. The van der Waals surface area contributed by atoms with Crippen LogP contribution in [0.4, 0.5) is 0 Å². The van der Waals surface area contributed by atoms with E-state index >= 15 is 0 Å². The molecule has 0 N–H and O–H groups in total. The maximum Gasteiger partial charge on any atom is 0.229 e. The van der Waals surface area contributed by atoms with Crippen LogP contribution in [0, 0.1) is 5.92 Å². The molecule has 114 valence electrons. The summed E-state index contributed by atoms with van der Waals surface area (Å²) in [6, 6.07) is 4.03. The van der Waals surface area contributed by atoms with Crippen molar-refractivity contribution in [2.24, 2.45) is 5.92 Å². The molecule has 2 saturated heterocycles. The minimum Gasteiger partial charge on any atom is -0.481 e. The Hall–Kier alpha value is -1.66. The number of fused-ring (bicyclic) bond motifs is 3. The molecule has 0 unspecified atom stereocenters. The Labute approximate surface area is 124 Å². The number of carbonyl (C=O) groups is 1. The van der Waals surface area contributed by atoms with Gasteiger partial charge in [0.15, 0.2) is 0 Å². The molecule has 2 atom stereocenters. The fourth-order valence-electron chi connectivity index (χ4n) is 3.00. The third kappa shape index (κ3) is 3.01. The first-order chi connectivity index (χ1) is 10.2. The highest BCUT2D eigenvalue weighted by Crippen LogP contribution is 2.21. The van der Waals surface area contributed by atoms with Gasteiger partial charge in [0.2, 0.25) is 11.8 Å². The van der Waals surface area contributed by atoms with E-state index in [0.29, 0.717) is 19.1 Å². The molecule has 2 bridgehead atoms. The SMILES string of the molecule is COc1ccc(CN2C[C@@H]3COC[C@H](C2)N(C)C3=O)cn1. The Kier molecular flexibility index (Phi) is 4.07. The van der Waals surface area contributed by atoms with Crippen LogP contribution < -0.4 is 4.74 Å². The maximum absolute atomic E-state index is 12.3. The van der Waals surface area contributed by atoms with Gasteiger partial charge in [-0.05, 0) is 5.56 Å². The van der Waals surface area contributed by atoms with Crippen molar-refractivity contribution in [3.05, 3.63) is 23.9 Å². The number of methoxy groups -OCH3 is 1. The highest BCUT2D eigenvalue weighted by Gasteiger charge is 2.37. The molecular formula is C15H21N3O3. The molecule has 3 rings (SSSR count). The van der Waals surface area contributed by atoms with E-state index in [1.54, 1.807) is 7.11 Å². The summed E-state index contributed by atoms with van der Waals surface area (Å²) in [6.07, 6.45) is 1.83. The van der Waals surface area contributed by atoms with Crippen molar-refractivity contribution in [3.8, 4) is 5.88 Å². The summed E-state index contributed by atoms with van der Waals surface area (Å²) in [7, 11) is 3.49. The zero-order chi connectivity index (χ0) is 14.8. The van der Waals surface area contributed by atoms with E-state index in [9.17, 15) is 4.79 Å². The highest BCUT2D eigenvalue weighted by atomic mass is 16.5. The molecule has 21 heavy (non-hydrogen) atoms. The van der Waals surface area contributed by atoms with Crippen LogP contribution in [-0.4, -0.2) is 67.2 Å². The largest absolute Gasteiger partial charge is 0.481 e. The predicted octanol–water partition coefficient (Wildman–Crippen LogP) is 0.379. The summed E-state index contributed by atoms with van der Waals surface area (Å²) in [5.41, 5.74) is 1.13. The molecule has 1 aromatic heterocycles. The van der Waals surface area contributed by atoms with Crippen molar-refractivity contribution in [2.75, 3.05) is 40.5 Å². The Morgan fingerprint density at radius 3 is 2.95 bits per heavy atom. The number of carbonyl (C=O) groups excluding carboxylic acids is 1. The smallest absolute Gasteiger partial charge is 0.229 e. The van der Waals surface area contributed by atoms with Gasteiger partial charge in [-0.1, -0.05) is 6.07 Å². The van der Waals surface area contributed by atoms with Gasteiger partial charge in [0, 0.05) is 38.9 Å². The fourth-order valence-corrected chi connectivity index (χ4v) is 3.00. The Bertz CT molecular complexity index is 505. The summed E-state index contributed by atoms with van der Waals surface area (Å²) in [4.78, 5) is 20.7. The normalized spacial score (nSPS) is 26.6. The fraction of sp³-hybridized carbons (Fsp3) is 0.600. The van der Waals surface area contributed by atoms with Gasteiger partial charge in [-0.3, -0.25) is 9.69 Å². The van der Waals surface area contributed by atoms with Gasteiger partial charge in [-0.25, -0.2) is 4.98 Å². The van der Waals surface area contributed by atoms with Gasteiger partial charge in [-0.2, -0.15) is 0 Å². The van der Waals surface area contributed by atoms with Crippen LogP contribution in [0.25, 0.3) is 0 Å². The molecule has 0 aliphatic carbocycles. The lowest BCUT2D eigenvalue weighted by molar-refractivity contribution is -0.133. The van der Waals surface area contributed by atoms with E-state index < -0.39 is 0 Å². The van der Waals surface area contributed by atoms with Crippen molar-refractivity contribution in [2.45, 2.75) is 12.6 Å². The third-order valence-electron chi connectivity index (χ3n) is 4.23. The van der Waals surface area contributed by atoms with Crippen molar-refractivity contribution >= 4 is 5.91 Å². The summed E-state index contributed by atoms with van der Waals surface area (Å²) in [5, 5.41) is 0. The van der Waals surface area contributed by atoms with Crippen molar-refractivity contribution in [3.63, 3.8) is 0 Å². The molecule has 0 radical (unpaired) electrons. The van der Waals surface area contributed by atoms with Crippen LogP contribution in [0.15, 0.2) is 18.3 Å².